The van der Waals surface area contributed by atoms with Crippen molar-refractivity contribution in [2.45, 2.75) is 47.2 Å². The molecule has 0 saturated carbocycles. The number of anilines is 2. The summed E-state index contributed by atoms with van der Waals surface area (Å²) in [5, 5.41) is 4.85. The molecule has 0 aliphatic carbocycles. The van der Waals surface area contributed by atoms with Crippen molar-refractivity contribution in [1.82, 2.24) is 19.3 Å². The van der Waals surface area contributed by atoms with Crippen molar-refractivity contribution >= 4 is 35.1 Å². The number of halogens is 1. The summed E-state index contributed by atoms with van der Waals surface area (Å²) < 4.78 is 8.03. The van der Waals surface area contributed by atoms with Crippen molar-refractivity contribution in [3.05, 3.63) is 43.3 Å². The van der Waals surface area contributed by atoms with Crippen LogP contribution in [0.25, 0.3) is 6.08 Å². The molecule has 1 amide bonds. The number of aromatic amines is 1. The highest BCUT2D eigenvalue weighted by Crippen LogP contribution is 2.23. The zero-order valence-electron chi connectivity index (χ0n) is 19.1. The molecule has 0 radical (unpaired) electrons. The monoisotopic (exact) mass is 466 g/mol. The first kappa shape index (κ1) is 25.4. The van der Waals surface area contributed by atoms with Gasteiger partial charge in [0.15, 0.2) is 5.69 Å². The average molecular weight is 467 g/mol. The van der Waals surface area contributed by atoms with Gasteiger partial charge in [0.1, 0.15) is 11.0 Å². The van der Waals surface area contributed by atoms with Gasteiger partial charge in [0.25, 0.3) is 11.5 Å². The summed E-state index contributed by atoms with van der Waals surface area (Å²) in [6.45, 7) is 8.97. The van der Waals surface area contributed by atoms with Crippen molar-refractivity contribution in [3.63, 3.8) is 0 Å². The second kappa shape index (κ2) is 11.1. The fourth-order valence-corrected chi connectivity index (χ4v) is 3.57. The Balaban J connectivity index is 2.47. The van der Waals surface area contributed by atoms with Crippen molar-refractivity contribution in [3.8, 4) is 0 Å². The lowest BCUT2D eigenvalue weighted by Gasteiger charge is -2.23. The minimum absolute atomic E-state index is 0.0661. The number of amides is 1. The summed E-state index contributed by atoms with van der Waals surface area (Å²) in [5.41, 5.74) is 5.98. The van der Waals surface area contributed by atoms with E-state index in [-0.39, 0.29) is 24.7 Å². The van der Waals surface area contributed by atoms with Crippen LogP contribution >= 0.6 is 11.6 Å². The Labute approximate surface area is 191 Å². The number of rotatable bonds is 10. The van der Waals surface area contributed by atoms with Crippen LogP contribution in [0.15, 0.2) is 15.7 Å². The Morgan fingerprint density at radius 1 is 1.38 bits per heavy atom. The van der Waals surface area contributed by atoms with Crippen LogP contribution < -0.4 is 21.9 Å². The summed E-state index contributed by atoms with van der Waals surface area (Å²) in [7, 11) is 1.48. The predicted octanol–water partition coefficient (Wildman–Crippen LogP) is 2.04. The van der Waals surface area contributed by atoms with E-state index >= 15 is 0 Å². The number of nitrogens with zero attached hydrogens (tertiary/aromatic N) is 4. The Morgan fingerprint density at radius 2 is 2.06 bits per heavy atom. The molecule has 2 aromatic rings. The van der Waals surface area contributed by atoms with Gasteiger partial charge in [-0.1, -0.05) is 32.4 Å². The number of ether oxygens (including phenoxy) is 1. The van der Waals surface area contributed by atoms with Crippen LogP contribution in [0.4, 0.5) is 11.5 Å². The van der Waals surface area contributed by atoms with Gasteiger partial charge in [0, 0.05) is 38.4 Å². The standard InChI is InChI=1S/C21H31ClN6O4/c1-6-9-27-19(23)17(20(30)24-21(27)31)26(10-11-32-5)16(29)8-7-15-14(4)25-28(18(15)22)12-13(2)3/h7-8,13H,6,9-12,23H2,1-5H3,(H,24,30,31)/b8-7+. The van der Waals surface area contributed by atoms with Crippen molar-refractivity contribution < 1.29 is 9.53 Å². The molecule has 10 nitrogen and oxygen atoms in total. The van der Waals surface area contributed by atoms with E-state index in [0.29, 0.717) is 41.8 Å². The van der Waals surface area contributed by atoms with E-state index in [1.54, 1.807) is 17.7 Å². The van der Waals surface area contributed by atoms with Gasteiger partial charge in [0.2, 0.25) is 0 Å². The van der Waals surface area contributed by atoms with Gasteiger partial charge >= 0.3 is 5.69 Å². The second-order valence-electron chi connectivity index (χ2n) is 7.83. The quantitative estimate of drug-likeness (QED) is 0.515. The number of nitrogen functional groups attached to an aromatic ring is 1. The van der Waals surface area contributed by atoms with Gasteiger partial charge in [-0.2, -0.15) is 5.10 Å². The molecule has 0 fully saturated rings. The second-order valence-corrected chi connectivity index (χ2v) is 8.18. The van der Waals surface area contributed by atoms with E-state index in [2.05, 4.69) is 23.9 Å². The molecule has 11 heteroatoms. The van der Waals surface area contributed by atoms with E-state index in [0.717, 1.165) is 0 Å². The number of carbonyl (C=O) groups is 1. The lowest BCUT2D eigenvalue weighted by atomic mass is 10.2. The average Bonchev–Trinajstić information content (AvgIpc) is 2.97. The molecule has 2 heterocycles. The Bertz CT molecular complexity index is 1100. The molecule has 0 unspecified atom stereocenters. The lowest BCUT2D eigenvalue weighted by molar-refractivity contribution is -0.114. The molecule has 0 atom stereocenters. The van der Waals surface area contributed by atoms with E-state index in [1.807, 2.05) is 6.92 Å². The predicted molar refractivity (Wildman–Crippen MR) is 126 cm³/mol. The summed E-state index contributed by atoms with van der Waals surface area (Å²) in [5.74, 6) is -0.228. The summed E-state index contributed by atoms with van der Waals surface area (Å²) in [6, 6.07) is 0. The number of aryl methyl sites for hydroxylation is 1. The van der Waals surface area contributed by atoms with Crippen molar-refractivity contribution in [2.24, 2.45) is 5.92 Å². The fraction of sp³-hybridized carbons (Fsp3) is 0.524. The van der Waals surface area contributed by atoms with Gasteiger partial charge in [-0.3, -0.25) is 28.7 Å². The first-order valence-corrected chi connectivity index (χ1v) is 10.8. The molecular weight excluding hydrogens is 436 g/mol. The summed E-state index contributed by atoms with van der Waals surface area (Å²) in [6.07, 6.45) is 3.50. The van der Waals surface area contributed by atoms with Crippen LogP contribution in [0.5, 0.6) is 0 Å². The van der Waals surface area contributed by atoms with E-state index < -0.39 is 17.2 Å². The number of methoxy groups -OCH3 is 1. The summed E-state index contributed by atoms with van der Waals surface area (Å²) >= 11 is 6.45. The molecule has 0 aromatic carbocycles. The highest BCUT2D eigenvalue weighted by molar-refractivity contribution is 6.31. The van der Waals surface area contributed by atoms with Crippen LogP contribution in [-0.4, -0.2) is 45.5 Å². The van der Waals surface area contributed by atoms with Crippen molar-refractivity contribution in [1.29, 1.82) is 0 Å². The number of nitrogens with one attached hydrogen (secondary N) is 1. The van der Waals surface area contributed by atoms with Gasteiger partial charge < -0.3 is 10.5 Å². The largest absolute Gasteiger partial charge is 0.383 e. The molecule has 0 aliphatic rings. The number of H-pyrrole nitrogens is 1. The maximum absolute atomic E-state index is 13.1. The fourth-order valence-electron chi connectivity index (χ4n) is 3.27. The lowest BCUT2D eigenvalue weighted by Crippen LogP contribution is -2.42. The Morgan fingerprint density at radius 3 is 2.66 bits per heavy atom. The minimum Gasteiger partial charge on any atom is -0.383 e. The van der Waals surface area contributed by atoms with Crippen molar-refractivity contribution in [2.75, 3.05) is 30.9 Å². The SMILES string of the molecule is CCCn1c(N)c(N(CCOC)C(=O)/C=C/c2c(C)nn(CC(C)C)c2Cl)c(=O)[nH]c1=O. The summed E-state index contributed by atoms with van der Waals surface area (Å²) in [4.78, 5) is 41.2. The normalized spacial score (nSPS) is 11.6. The highest BCUT2D eigenvalue weighted by Gasteiger charge is 2.23. The van der Waals surface area contributed by atoms with Crippen LogP contribution in [0.2, 0.25) is 5.15 Å². The van der Waals surface area contributed by atoms with E-state index in [9.17, 15) is 14.4 Å². The third kappa shape index (κ3) is 5.68. The highest BCUT2D eigenvalue weighted by atomic mass is 35.5. The van der Waals surface area contributed by atoms with Gasteiger partial charge in [-0.05, 0) is 25.3 Å². The third-order valence-corrected chi connectivity index (χ3v) is 5.16. The molecule has 2 rings (SSSR count). The molecule has 0 aliphatic heterocycles. The van der Waals surface area contributed by atoms with Crippen LogP contribution in [0.3, 0.4) is 0 Å². The molecule has 0 spiro atoms. The van der Waals surface area contributed by atoms with Gasteiger partial charge in [-0.25, -0.2) is 4.79 Å². The first-order chi connectivity index (χ1) is 15.1. The number of carbonyl (C=O) groups excluding carboxylic acids is 1. The molecule has 32 heavy (non-hydrogen) atoms. The number of hydrogen-bond acceptors (Lipinski definition) is 6. The third-order valence-electron chi connectivity index (χ3n) is 4.76. The van der Waals surface area contributed by atoms with Crippen LogP contribution in [0, 0.1) is 12.8 Å². The Hall–Kier alpha value is -2.85. The smallest absolute Gasteiger partial charge is 0.330 e. The number of nitrogens with two attached hydrogens (primary N) is 1. The molecule has 0 bridgehead atoms. The Kier molecular flexibility index (Phi) is 8.85. The molecule has 0 saturated heterocycles. The molecule has 3 N–H and O–H groups in total. The number of hydrogen-bond donors (Lipinski definition) is 2. The van der Waals surface area contributed by atoms with E-state index in [4.69, 9.17) is 22.1 Å². The molecular formula is C21H31ClN6O4. The van der Waals surface area contributed by atoms with E-state index in [1.165, 1.54) is 22.7 Å². The zero-order chi connectivity index (χ0) is 24.0. The minimum atomic E-state index is -0.739. The van der Waals surface area contributed by atoms with Crippen LogP contribution in [0.1, 0.15) is 38.4 Å². The maximum Gasteiger partial charge on any atom is 0.330 e. The van der Waals surface area contributed by atoms with Gasteiger partial charge in [-0.15, -0.1) is 0 Å². The molecule has 2 aromatic heterocycles. The maximum atomic E-state index is 13.1. The van der Waals surface area contributed by atoms with Crippen LogP contribution in [-0.2, 0) is 22.6 Å². The topological polar surface area (TPSA) is 128 Å². The first-order valence-electron chi connectivity index (χ1n) is 10.5. The molecule has 176 valence electrons. The number of aromatic nitrogens is 4. The zero-order valence-corrected chi connectivity index (χ0v) is 19.9. The van der Waals surface area contributed by atoms with Gasteiger partial charge in [0.05, 0.1) is 12.3 Å².